The van der Waals surface area contributed by atoms with E-state index in [-0.39, 0.29) is 5.91 Å². The fraction of sp³-hybridized carbons (Fsp3) is 0.133. The van der Waals surface area contributed by atoms with Gasteiger partial charge in [0.2, 0.25) is 5.91 Å². The maximum atomic E-state index is 12.0. The second kappa shape index (κ2) is 4.46. The Kier molecular flexibility index (Phi) is 2.80. The molecule has 3 heteroatoms. The minimum atomic E-state index is 0.158. The Labute approximate surface area is 111 Å². The fourth-order valence-electron chi connectivity index (χ4n) is 2.26. The number of amides is 1. The molecule has 0 saturated heterocycles. The van der Waals surface area contributed by atoms with Crippen LogP contribution in [0.15, 0.2) is 48.5 Å². The van der Waals surface area contributed by atoms with Crippen LogP contribution in [0, 0.1) is 0 Å². The Morgan fingerprint density at radius 2 is 1.78 bits per heavy atom. The maximum absolute atomic E-state index is 12.0. The molecule has 1 aliphatic rings. The Bertz CT molecular complexity index is 592. The van der Waals surface area contributed by atoms with Gasteiger partial charge in [0.15, 0.2) is 0 Å². The molecular weight excluding hydrogens is 246 g/mol. The Morgan fingerprint density at radius 1 is 1.06 bits per heavy atom. The quantitative estimate of drug-likeness (QED) is 0.807. The zero-order valence-corrected chi connectivity index (χ0v) is 10.5. The molecule has 3 rings (SSSR count). The predicted octanol–water partition coefficient (Wildman–Crippen LogP) is 3.43. The summed E-state index contributed by atoms with van der Waals surface area (Å²) in [6.07, 6.45) is 0.504. The lowest BCUT2D eigenvalue weighted by Crippen LogP contribution is -2.25. The van der Waals surface area contributed by atoms with Gasteiger partial charge in [-0.15, -0.1) is 0 Å². The number of fused-ring (bicyclic) bond motifs is 1. The highest BCUT2D eigenvalue weighted by molar-refractivity contribution is 6.30. The summed E-state index contributed by atoms with van der Waals surface area (Å²) >= 11 is 5.86. The van der Waals surface area contributed by atoms with Gasteiger partial charge in [-0.05, 0) is 29.3 Å². The SMILES string of the molecule is O=C1Cc2ccccc2N1Cc1ccc(Cl)cc1. The van der Waals surface area contributed by atoms with Gasteiger partial charge in [-0.1, -0.05) is 41.9 Å². The molecule has 2 aromatic carbocycles. The van der Waals surface area contributed by atoms with Crippen LogP contribution < -0.4 is 4.90 Å². The van der Waals surface area contributed by atoms with E-state index in [1.54, 1.807) is 0 Å². The summed E-state index contributed by atoms with van der Waals surface area (Å²) in [6.45, 7) is 0.604. The number of hydrogen-bond acceptors (Lipinski definition) is 1. The highest BCUT2D eigenvalue weighted by atomic mass is 35.5. The first-order chi connectivity index (χ1) is 8.74. The van der Waals surface area contributed by atoms with Crippen LogP contribution >= 0.6 is 11.6 Å². The molecule has 0 spiro atoms. The third-order valence-corrected chi connectivity index (χ3v) is 3.43. The minimum Gasteiger partial charge on any atom is -0.307 e. The molecular formula is C15H12ClNO. The molecule has 0 N–H and O–H groups in total. The van der Waals surface area contributed by atoms with Crippen molar-refractivity contribution in [2.75, 3.05) is 4.90 Å². The zero-order chi connectivity index (χ0) is 12.5. The third kappa shape index (κ3) is 2.00. The minimum absolute atomic E-state index is 0.158. The van der Waals surface area contributed by atoms with Crippen molar-refractivity contribution in [2.45, 2.75) is 13.0 Å². The molecule has 0 aromatic heterocycles. The average molecular weight is 258 g/mol. The molecule has 18 heavy (non-hydrogen) atoms. The van der Waals surface area contributed by atoms with Crippen molar-refractivity contribution in [3.8, 4) is 0 Å². The van der Waals surface area contributed by atoms with Crippen molar-refractivity contribution < 1.29 is 4.79 Å². The molecule has 0 atom stereocenters. The molecule has 1 aliphatic heterocycles. The largest absolute Gasteiger partial charge is 0.307 e. The van der Waals surface area contributed by atoms with Crippen LogP contribution in [0.3, 0.4) is 0 Å². The number of anilines is 1. The standard InChI is InChI=1S/C15H12ClNO/c16-13-7-5-11(6-8-13)10-17-14-4-2-1-3-12(14)9-15(17)18/h1-8H,9-10H2. The van der Waals surface area contributed by atoms with Gasteiger partial charge in [0.1, 0.15) is 0 Å². The van der Waals surface area contributed by atoms with E-state index in [9.17, 15) is 4.79 Å². The lowest BCUT2D eigenvalue weighted by atomic mass is 10.1. The van der Waals surface area contributed by atoms with Crippen molar-refractivity contribution in [3.63, 3.8) is 0 Å². The summed E-state index contributed by atoms with van der Waals surface area (Å²) in [5, 5.41) is 0.715. The van der Waals surface area contributed by atoms with Gasteiger partial charge < -0.3 is 4.90 Å². The average Bonchev–Trinajstić information content (AvgIpc) is 2.69. The number of nitrogens with zero attached hydrogens (tertiary/aromatic N) is 1. The number of rotatable bonds is 2. The lowest BCUT2D eigenvalue weighted by molar-refractivity contribution is -0.117. The first-order valence-corrected chi connectivity index (χ1v) is 6.24. The topological polar surface area (TPSA) is 20.3 Å². The first-order valence-electron chi connectivity index (χ1n) is 5.87. The Balaban J connectivity index is 1.89. The summed E-state index contributed by atoms with van der Waals surface area (Å²) < 4.78 is 0. The van der Waals surface area contributed by atoms with Crippen molar-refractivity contribution >= 4 is 23.2 Å². The number of para-hydroxylation sites is 1. The van der Waals surface area contributed by atoms with Gasteiger partial charge in [-0.25, -0.2) is 0 Å². The number of benzene rings is 2. The van der Waals surface area contributed by atoms with Crippen LogP contribution in [-0.2, 0) is 17.8 Å². The van der Waals surface area contributed by atoms with E-state index in [4.69, 9.17) is 11.6 Å². The highest BCUT2D eigenvalue weighted by Gasteiger charge is 2.26. The van der Waals surface area contributed by atoms with E-state index in [1.807, 2.05) is 53.4 Å². The molecule has 2 nitrogen and oxygen atoms in total. The lowest BCUT2D eigenvalue weighted by Gasteiger charge is -2.17. The maximum Gasteiger partial charge on any atom is 0.231 e. The van der Waals surface area contributed by atoms with Crippen LogP contribution in [0.1, 0.15) is 11.1 Å². The van der Waals surface area contributed by atoms with Crippen molar-refractivity contribution in [2.24, 2.45) is 0 Å². The Hall–Kier alpha value is -1.80. The third-order valence-electron chi connectivity index (χ3n) is 3.18. The van der Waals surface area contributed by atoms with Gasteiger partial charge in [0.05, 0.1) is 13.0 Å². The van der Waals surface area contributed by atoms with Crippen LogP contribution in [-0.4, -0.2) is 5.91 Å². The van der Waals surface area contributed by atoms with Gasteiger partial charge in [0.25, 0.3) is 0 Å². The molecule has 0 aliphatic carbocycles. The van der Waals surface area contributed by atoms with Crippen LogP contribution in [0.5, 0.6) is 0 Å². The number of carbonyl (C=O) groups excluding carboxylic acids is 1. The molecule has 90 valence electrons. The molecule has 0 unspecified atom stereocenters. The molecule has 2 aromatic rings. The van der Waals surface area contributed by atoms with Gasteiger partial charge in [-0.3, -0.25) is 4.79 Å². The second-order valence-electron chi connectivity index (χ2n) is 4.41. The van der Waals surface area contributed by atoms with Crippen LogP contribution in [0.4, 0.5) is 5.69 Å². The first kappa shape index (κ1) is 11.3. The highest BCUT2D eigenvalue weighted by Crippen LogP contribution is 2.29. The molecule has 0 radical (unpaired) electrons. The molecule has 0 fully saturated rings. The smallest absolute Gasteiger partial charge is 0.231 e. The summed E-state index contributed by atoms with van der Waals surface area (Å²) in [6, 6.07) is 15.6. The van der Waals surface area contributed by atoms with E-state index in [0.717, 1.165) is 16.8 Å². The number of carbonyl (C=O) groups is 1. The zero-order valence-electron chi connectivity index (χ0n) is 9.77. The van der Waals surface area contributed by atoms with Gasteiger partial charge >= 0.3 is 0 Å². The van der Waals surface area contributed by atoms with Gasteiger partial charge in [-0.2, -0.15) is 0 Å². The fourth-order valence-corrected chi connectivity index (χ4v) is 2.39. The van der Waals surface area contributed by atoms with Crippen LogP contribution in [0.25, 0.3) is 0 Å². The van der Waals surface area contributed by atoms with E-state index in [0.29, 0.717) is 18.0 Å². The van der Waals surface area contributed by atoms with E-state index >= 15 is 0 Å². The normalized spacial score (nSPS) is 13.8. The molecule has 1 amide bonds. The Morgan fingerprint density at radius 3 is 2.56 bits per heavy atom. The second-order valence-corrected chi connectivity index (χ2v) is 4.85. The predicted molar refractivity (Wildman–Crippen MR) is 72.8 cm³/mol. The summed E-state index contributed by atoms with van der Waals surface area (Å²) in [5.74, 6) is 0.158. The molecule has 0 saturated carbocycles. The summed E-state index contributed by atoms with van der Waals surface area (Å²) in [7, 11) is 0. The van der Waals surface area contributed by atoms with Crippen molar-refractivity contribution in [1.82, 2.24) is 0 Å². The van der Waals surface area contributed by atoms with Crippen LogP contribution in [0.2, 0.25) is 5.02 Å². The summed E-state index contributed by atoms with van der Waals surface area (Å²) in [5.41, 5.74) is 3.22. The number of hydrogen-bond donors (Lipinski definition) is 0. The molecule has 1 heterocycles. The van der Waals surface area contributed by atoms with Crippen molar-refractivity contribution in [1.29, 1.82) is 0 Å². The van der Waals surface area contributed by atoms with E-state index < -0.39 is 0 Å². The van der Waals surface area contributed by atoms with E-state index in [2.05, 4.69) is 0 Å². The van der Waals surface area contributed by atoms with E-state index in [1.165, 1.54) is 0 Å². The van der Waals surface area contributed by atoms with Gasteiger partial charge in [0, 0.05) is 10.7 Å². The number of halogens is 1. The van der Waals surface area contributed by atoms with Crippen molar-refractivity contribution in [3.05, 3.63) is 64.7 Å². The molecule has 0 bridgehead atoms. The monoisotopic (exact) mass is 257 g/mol. The summed E-state index contributed by atoms with van der Waals surface area (Å²) in [4.78, 5) is 13.8.